The first-order valence-corrected chi connectivity index (χ1v) is 5.98. The van der Waals surface area contributed by atoms with Gasteiger partial charge in [0, 0.05) is 4.88 Å². The van der Waals surface area contributed by atoms with Crippen LogP contribution in [0.15, 0.2) is 6.07 Å². The number of rotatable bonds is 4. The summed E-state index contributed by atoms with van der Waals surface area (Å²) < 4.78 is 4.92. The second-order valence-corrected chi connectivity index (χ2v) is 4.57. The molecule has 0 aliphatic rings. The van der Waals surface area contributed by atoms with E-state index in [2.05, 4.69) is 13.8 Å². The van der Waals surface area contributed by atoms with E-state index in [0.29, 0.717) is 23.1 Å². The number of nitrogen functional groups attached to an aromatic ring is 1. The Hall–Kier alpha value is -1.03. The van der Waals surface area contributed by atoms with Gasteiger partial charge in [-0.05, 0) is 25.3 Å². The van der Waals surface area contributed by atoms with Crippen LogP contribution in [-0.4, -0.2) is 12.6 Å². The zero-order chi connectivity index (χ0) is 11.4. The van der Waals surface area contributed by atoms with Crippen molar-refractivity contribution in [3.63, 3.8) is 0 Å². The molecule has 1 aromatic heterocycles. The number of anilines is 1. The van der Waals surface area contributed by atoms with Crippen molar-refractivity contribution in [2.45, 2.75) is 33.1 Å². The molecule has 0 spiro atoms. The standard InChI is InChI=1S/C11H17NO2S/c1-4-7(3)9-6-8(10(12)15-9)11(13)14-5-2/h6-7H,4-5,12H2,1-3H3. The van der Waals surface area contributed by atoms with E-state index < -0.39 is 0 Å². The van der Waals surface area contributed by atoms with E-state index in [4.69, 9.17) is 10.5 Å². The average molecular weight is 227 g/mol. The van der Waals surface area contributed by atoms with Crippen LogP contribution in [-0.2, 0) is 4.74 Å². The molecule has 2 N–H and O–H groups in total. The van der Waals surface area contributed by atoms with Gasteiger partial charge in [0.15, 0.2) is 0 Å². The SMILES string of the molecule is CCOC(=O)c1cc(C(C)CC)sc1N. The van der Waals surface area contributed by atoms with Crippen molar-refractivity contribution < 1.29 is 9.53 Å². The molecular weight excluding hydrogens is 210 g/mol. The monoisotopic (exact) mass is 227 g/mol. The highest BCUT2D eigenvalue weighted by Crippen LogP contribution is 2.32. The number of carbonyl (C=O) groups is 1. The van der Waals surface area contributed by atoms with E-state index >= 15 is 0 Å². The van der Waals surface area contributed by atoms with E-state index in [9.17, 15) is 4.79 Å². The second kappa shape index (κ2) is 5.16. The third-order valence-electron chi connectivity index (χ3n) is 2.37. The first-order chi connectivity index (χ1) is 7.10. The Morgan fingerprint density at radius 2 is 2.27 bits per heavy atom. The Bertz CT molecular complexity index is 346. The number of nitrogens with two attached hydrogens (primary N) is 1. The van der Waals surface area contributed by atoms with Gasteiger partial charge in [-0.25, -0.2) is 4.79 Å². The van der Waals surface area contributed by atoms with Crippen LogP contribution >= 0.6 is 11.3 Å². The summed E-state index contributed by atoms with van der Waals surface area (Å²) in [4.78, 5) is 12.6. The van der Waals surface area contributed by atoms with Gasteiger partial charge in [-0.15, -0.1) is 11.3 Å². The predicted molar refractivity (Wildman–Crippen MR) is 63.4 cm³/mol. The molecule has 0 aromatic carbocycles. The van der Waals surface area contributed by atoms with E-state index in [-0.39, 0.29) is 5.97 Å². The fourth-order valence-electron chi connectivity index (χ4n) is 1.24. The molecule has 0 bridgehead atoms. The molecule has 84 valence electrons. The van der Waals surface area contributed by atoms with Crippen LogP contribution < -0.4 is 5.73 Å². The summed E-state index contributed by atoms with van der Waals surface area (Å²) in [6, 6.07) is 1.85. The Kier molecular flexibility index (Phi) is 4.15. The Morgan fingerprint density at radius 1 is 1.60 bits per heavy atom. The van der Waals surface area contributed by atoms with Gasteiger partial charge in [0.25, 0.3) is 0 Å². The van der Waals surface area contributed by atoms with Gasteiger partial charge in [0.1, 0.15) is 5.00 Å². The van der Waals surface area contributed by atoms with E-state index in [1.54, 1.807) is 6.92 Å². The van der Waals surface area contributed by atoms with Crippen LogP contribution in [0.3, 0.4) is 0 Å². The van der Waals surface area contributed by atoms with Gasteiger partial charge >= 0.3 is 5.97 Å². The highest BCUT2D eigenvalue weighted by atomic mass is 32.1. The highest BCUT2D eigenvalue weighted by molar-refractivity contribution is 7.16. The van der Waals surface area contributed by atoms with Crippen LogP contribution in [0.5, 0.6) is 0 Å². The third-order valence-corrected chi connectivity index (χ3v) is 3.57. The van der Waals surface area contributed by atoms with Gasteiger partial charge in [-0.2, -0.15) is 0 Å². The van der Waals surface area contributed by atoms with Gasteiger partial charge in [0.05, 0.1) is 12.2 Å². The number of hydrogen-bond donors (Lipinski definition) is 1. The Balaban J connectivity index is 2.90. The molecule has 0 saturated heterocycles. The third kappa shape index (κ3) is 2.72. The zero-order valence-electron chi connectivity index (χ0n) is 9.37. The van der Waals surface area contributed by atoms with Crippen molar-refractivity contribution in [2.75, 3.05) is 12.3 Å². The van der Waals surface area contributed by atoms with E-state index in [1.807, 2.05) is 6.07 Å². The molecular formula is C11H17NO2S. The van der Waals surface area contributed by atoms with Crippen LogP contribution in [0.1, 0.15) is 48.3 Å². The largest absolute Gasteiger partial charge is 0.462 e. The van der Waals surface area contributed by atoms with Gasteiger partial charge in [-0.3, -0.25) is 0 Å². The van der Waals surface area contributed by atoms with Crippen LogP contribution in [0.2, 0.25) is 0 Å². The maximum atomic E-state index is 11.5. The lowest BCUT2D eigenvalue weighted by Crippen LogP contribution is -2.05. The molecule has 1 heterocycles. The maximum absolute atomic E-state index is 11.5. The molecule has 1 unspecified atom stereocenters. The lowest BCUT2D eigenvalue weighted by atomic mass is 10.1. The number of carbonyl (C=O) groups excluding carboxylic acids is 1. The zero-order valence-corrected chi connectivity index (χ0v) is 10.2. The lowest BCUT2D eigenvalue weighted by Gasteiger charge is -2.02. The van der Waals surface area contributed by atoms with Crippen LogP contribution in [0.4, 0.5) is 5.00 Å². The smallest absolute Gasteiger partial charge is 0.341 e. The molecule has 0 radical (unpaired) electrons. The molecule has 4 heteroatoms. The van der Waals surface area contributed by atoms with E-state index in [1.165, 1.54) is 11.3 Å². The summed E-state index contributed by atoms with van der Waals surface area (Å²) in [5.74, 6) is 0.126. The molecule has 0 amide bonds. The minimum absolute atomic E-state index is 0.319. The summed E-state index contributed by atoms with van der Waals surface area (Å²) in [5, 5.41) is 0.559. The molecule has 1 atom stereocenters. The minimum atomic E-state index is -0.319. The summed E-state index contributed by atoms with van der Waals surface area (Å²) in [6.07, 6.45) is 1.04. The van der Waals surface area contributed by atoms with E-state index in [0.717, 1.165) is 11.3 Å². The van der Waals surface area contributed by atoms with Gasteiger partial charge in [0.2, 0.25) is 0 Å². The molecule has 3 nitrogen and oxygen atoms in total. The number of ether oxygens (including phenoxy) is 1. The summed E-state index contributed by atoms with van der Waals surface area (Å²) in [5.41, 5.74) is 6.29. The number of thiophene rings is 1. The molecule has 0 aliphatic heterocycles. The Morgan fingerprint density at radius 3 is 2.80 bits per heavy atom. The molecule has 15 heavy (non-hydrogen) atoms. The molecule has 0 aliphatic carbocycles. The minimum Gasteiger partial charge on any atom is -0.462 e. The van der Waals surface area contributed by atoms with Crippen LogP contribution in [0.25, 0.3) is 0 Å². The van der Waals surface area contributed by atoms with Crippen molar-refractivity contribution in [3.05, 3.63) is 16.5 Å². The molecule has 0 saturated carbocycles. The maximum Gasteiger partial charge on any atom is 0.341 e. The number of hydrogen-bond acceptors (Lipinski definition) is 4. The Labute approximate surface area is 94.2 Å². The first kappa shape index (κ1) is 12.0. The van der Waals surface area contributed by atoms with Crippen molar-refractivity contribution >= 4 is 22.3 Å². The summed E-state index contributed by atoms with van der Waals surface area (Å²) in [6.45, 7) is 6.41. The molecule has 1 rings (SSSR count). The second-order valence-electron chi connectivity index (χ2n) is 3.46. The van der Waals surface area contributed by atoms with Crippen LogP contribution in [0, 0.1) is 0 Å². The summed E-state index contributed by atoms with van der Waals surface area (Å²) in [7, 11) is 0. The van der Waals surface area contributed by atoms with Crippen molar-refractivity contribution in [2.24, 2.45) is 0 Å². The topological polar surface area (TPSA) is 52.3 Å². The predicted octanol–water partition coefficient (Wildman–Crippen LogP) is 3.02. The fraction of sp³-hybridized carbons (Fsp3) is 0.545. The lowest BCUT2D eigenvalue weighted by molar-refractivity contribution is 0.0528. The molecule has 0 fully saturated rings. The number of esters is 1. The summed E-state index contributed by atoms with van der Waals surface area (Å²) >= 11 is 1.48. The van der Waals surface area contributed by atoms with Gasteiger partial charge in [-0.1, -0.05) is 13.8 Å². The van der Waals surface area contributed by atoms with Gasteiger partial charge < -0.3 is 10.5 Å². The van der Waals surface area contributed by atoms with Crippen molar-refractivity contribution in [1.82, 2.24) is 0 Å². The van der Waals surface area contributed by atoms with Crippen molar-refractivity contribution in [3.8, 4) is 0 Å². The normalized spacial score (nSPS) is 12.5. The molecule has 1 aromatic rings. The van der Waals surface area contributed by atoms with Crippen molar-refractivity contribution in [1.29, 1.82) is 0 Å². The quantitative estimate of drug-likeness (QED) is 0.804. The fourth-order valence-corrected chi connectivity index (χ4v) is 2.29. The average Bonchev–Trinajstić information content (AvgIpc) is 2.59. The first-order valence-electron chi connectivity index (χ1n) is 5.16. The highest BCUT2D eigenvalue weighted by Gasteiger charge is 2.17.